The van der Waals surface area contributed by atoms with E-state index >= 15 is 0 Å². The average Bonchev–Trinajstić information content (AvgIpc) is 2.48. The van der Waals surface area contributed by atoms with Crippen molar-refractivity contribution in [3.05, 3.63) is 12.2 Å². The van der Waals surface area contributed by atoms with Crippen LogP contribution < -0.4 is 0 Å². The van der Waals surface area contributed by atoms with Gasteiger partial charge in [-0.05, 0) is 50.4 Å². The molecule has 0 spiro atoms. The maximum Gasteiger partial charge on any atom is 0.333 e. The average molecular weight is 372 g/mol. The molecule has 8 heteroatoms. The Bertz CT molecular complexity index is 683. The number of ether oxygens (including phenoxy) is 2. The minimum Gasteiger partial charge on any atom is -0.464 e. The third-order valence-electron chi connectivity index (χ3n) is 5.79. The normalized spacial score (nSPS) is 36.1. The summed E-state index contributed by atoms with van der Waals surface area (Å²) in [4.78, 5) is 24.5. The molecule has 4 bridgehead atoms. The summed E-state index contributed by atoms with van der Waals surface area (Å²) in [5.41, 5.74) is 0.334. The Morgan fingerprint density at radius 1 is 1.16 bits per heavy atom. The fraction of sp³-hybridized carbons (Fsp3) is 0.765. The van der Waals surface area contributed by atoms with Gasteiger partial charge in [-0.3, -0.25) is 9.35 Å². The molecule has 25 heavy (non-hydrogen) atoms. The molecule has 4 rings (SSSR count). The van der Waals surface area contributed by atoms with Crippen LogP contribution in [0.1, 0.15) is 32.6 Å². The number of carbonyl (C=O) groups excluding carboxylic acids is 2. The van der Waals surface area contributed by atoms with Crippen LogP contribution in [0.3, 0.4) is 0 Å². The van der Waals surface area contributed by atoms with E-state index in [2.05, 4.69) is 6.58 Å². The summed E-state index contributed by atoms with van der Waals surface area (Å²) in [5.74, 6) is -0.941. The van der Waals surface area contributed by atoms with Crippen molar-refractivity contribution < 1.29 is 32.0 Å². The van der Waals surface area contributed by atoms with E-state index in [1.165, 1.54) is 0 Å². The van der Waals surface area contributed by atoms with Crippen molar-refractivity contribution in [3.8, 4) is 0 Å². The van der Waals surface area contributed by atoms with Crippen molar-refractivity contribution in [2.24, 2.45) is 29.6 Å². The first-order valence-electron chi connectivity index (χ1n) is 8.64. The second kappa shape index (κ2) is 6.72. The van der Waals surface area contributed by atoms with Gasteiger partial charge in [0.2, 0.25) is 0 Å². The summed E-state index contributed by atoms with van der Waals surface area (Å²) < 4.78 is 41.0. The van der Waals surface area contributed by atoms with E-state index in [4.69, 9.17) is 14.0 Å². The molecule has 140 valence electrons. The van der Waals surface area contributed by atoms with Gasteiger partial charge in [0.1, 0.15) is 18.5 Å². The molecule has 0 aliphatic heterocycles. The zero-order valence-corrected chi connectivity index (χ0v) is 15.0. The van der Waals surface area contributed by atoms with Gasteiger partial charge in [-0.25, -0.2) is 4.79 Å². The fourth-order valence-corrected chi connectivity index (χ4v) is 5.27. The molecule has 6 unspecified atom stereocenters. The third kappa shape index (κ3) is 3.89. The Balaban J connectivity index is 1.70. The van der Waals surface area contributed by atoms with Crippen molar-refractivity contribution in [1.29, 1.82) is 0 Å². The van der Waals surface area contributed by atoms with Crippen LogP contribution in [0.25, 0.3) is 0 Å². The van der Waals surface area contributed by atoms with Crippen LogP contribution in [0.5, 0.6) is 0 Å². The highest BCUT2D eigenvalue weighted by atomic mass is 32.2. The van der Waals surface area contributed by atoms with Crippen LogP contribution in [0.4, 0.5) is 0 Å². The molecule has 4 aliphatic rings. The Morgan fingerprint density at radius 3 is 2.48 bits per heavy atom. The van der Waals surface area contributed by atoms with Crippen molar-refractivity contribution in [2.75, 3.05) is 12.4 Å². The molecule has 4 aliphatic carbocycles. The van der Waals surface area contributed by atoms with Crippen molar-refractivity contribution in [3.63, 3.8) is 0 Å². The van der Waals surface area contributed by atoms with Crippen LogP contribution in [0.2, 0.25) is 0 Å². The molecule has 7 nitrogen and oxygen atoms in total. The van der Waals surface area contributed by atoms with Crippen LogP contribution in [-0.2, 0) is 29.2 Å². The standard InChI is InChI=1S/C17H24O7S/c1-9(2)16(18)24-15-12-6-10-5-11(8-12)14(13(15)7-10)17(19)23-3-4-25(20,21)22/h10-15H,1,3-8H2,2H3,(H,20,21,22). The van der Waals surface area contributed by atoms with Gasteiger partial charge in [-0.2, -0.15) is 8.42 Å². The van der Waals surface area contributed by atoms with Gasteiger partial charge in [0.25, 0.3) is 10.1 Å². The molecule has 0 saturated heterocycles. The Kier molecular flexibility index (Phi) is 4.94. The van der Waals surface area contributed by atoms with Gasteiger partial charge in [-0.15, -0.1) is 0 Å². The second-order valence-corrected chi connectivity index (χ2v) is 9.19. The minimum absolute atomic E-state index is 0.0854. The van der Waals surface area contributed by atoms with Crippen molar-refractivity contribution >= 4 is 22.1 Å². The lowest BCUT2D eigenvalue weighted by atomic mass is 9.50. The Labute approximate surface area is 147 Å². The molecule has 0 aromatic heterocycles. The number of rotatable bonds is 6. The zero-order chi connectivity index (χ0) is 18.4. The summed E-state index contributed by atoms with van der Waals surface area (Å²) in [6, 6.07) is 0. The second-order valence-electron chi connectivity index (χ2n) is 7.62. The number of hydrogen-bond acceptors (Lipinski definition) is 6. The Morgan fingerprint density at radius 2 is 1.84 bits per heavy atom. The van der Waals surface area contributed by atoms with Gasteiger partial charge < -0.3 is 9.47 Å². The molecule has 0 aromatic rings. The summed E-state index contributed by atoms with van der Waals surface area (Å²) in [7, 11) is -4.16. The largest absolute Gasteiger partial charge is 0.464 e. The monoisotopic (exact) mass is 372 g/mol. The zero-order valence-electron chi connectivity index (χ0n) is 14.2. The minimum atomic E-state index is -4.16. The van der Waals surface area contributed by atoms with Crippen molar-refractivity contribution in [2.45, 2.75) is 38.7 Å². The van der Waals surface area contributed by atoms with Crippen LogP contribution in [-0.4, -0.2) is 43.4 Å². The summed E-state index contributed by atoms with van der Waals surface area (Å²) in [6.07, 6.45) is 3.31. The fourth-order valence-electron chi connectivity index (χ4n) is 4.98. The van der Waals surface area contributed by atoms with Gasteiger partial charge >= 0.3 is 11.9 Å². The van der Waals surface area contributed by atoms with E-state index in [0.29, 0.717) is 11.5 Å². The quantitative estimate of drug-likeness (QED) is 0.428. The molecule has 4 fully saturated rings. The summed E-state index contributed by atoms with van der Waals surface area (Å²) in [6.45, 7) is 4.84. The number of hydrogen-bond donors (Lipinski definition) is 1. The summed E-state index contributed by atoms with van der Waals surface area (Å²) in [5, 5.41) is 0. The smallest absolute Gasteiger partial charge is 0.333 e. The summed E-state index contributed by atoms with van der Waals surface area (Å²) >= 11 is 0. The first kappa shape index (κ1) is 18.4. The number of esters is 2. The molecular formula is C17H24O7S. The molecule has 4 saturated carbocycles. The first-order valence-corrected chi connectivity index (χ1v) is 10.2. The molecule has 0 radical (unpaired) electrons. The van der Waals surface area contributed by atoms with E-state index in [0.717, 1.165) is 25.7 Å². The molecule has 0 aromatic carbocycles. The highest BCUT2D eigenvalue weighted by molar-refractivity contribution is 7.85. The molecule has 1 N–H and O–H groups in total. The molecular weight excluding hydrogens is 348 g/mol. The van der Waals surface area contributed by atoms with Gasteiger partial charge in [0.05, 0.1) is 5.92 Å². The maximum absolute atomic E-state index is 12.5. The SMILES string of the molecule is C=C(C)C(=O)OC1C2CC3CC(C2)C(C(=O)OCCS(=O)(=O)O)C1C3. The van der Waals surface area contributed by atoms with E-state index in [9.17, 15) is 18.0 Å². The predicted octanol–water partition coefficient (Wildman–Crippen LogP) is 1.59. The molecule has 0 amide bonds. The van der Waals surface area contributed by atoms with Crippen molar-refractivity contribution in [1.82, 2.24) is 0 Å². The van der Waals surface area contributed by atoms with E-state index in [1.807, 2.05) is 0 Å². The lowest BCUT2D eigenvalue weighted by molar-refractivity contribution is -0.190. The Hall–Kier alpha value is -1.41. The van der Waals surface area contributed by atoms with Crippen LogP contribution in [0.15, 0.2) is 12.2 Å². The molecule has 6 atom stereocenters. The van der Waals surface area contributed by atoms with E-state index < -0.39 is 27.8 Å². The van der Waals surface area contributed by atoms with Crippen LogP contribution >= 0.6 is 0 Å². The topological polar surface area (TPSA) is 107 Å². The maximum atomic E-state index is 12.5. The highest BCUT2D eigenvalue weighted by Gasteiger charge is 2.57. The van der Waals surface area contributed by atoms with E-state index in [1.54, 1.807) is 6.92 Å². The first-order chi connectivity index (χ1) is 11.7. The van der Waals surface area contributed by atoms with Gasteiger partial charge in [-0.1, -0.05) is 6.58 Å². The lowest BCUT2D eigenvalue weighted by Crippen LogP contribution is -2.57. The lowest BCUT2D eigenvalue weighted by Gasteiger charge is -2.56. The predicted molar refractivity (Wildman–Crippen MR) is 88.0 cm³/mol. The third-order valence-corrected chi connectivity index (χ3v) is 6.47. The van der Waals surface area contributed by atoms with Gasteiger partial charge in [0, 0.05) is 11.5 Å². The van der Waals surface area contributed by atoms with Crippen LogP contribution in [0, 0.1) is 29.6 Å². The number of carbonyl (C=O) groups is 2. The highest BCUT2D eigenvalue weighted by Crippen LogP contribution is 2.57. The molecule has 0 heterocycles. The van der Waals surface area contributed by atoms with E-state index in [-0.39, 0.29) is 36.4 Å². The van der Waals surface area contributed by atoms with Gasteiger partial charge in [0.15, 0.2) is 0 Å².